The number of rotatable bonds is 2. The van der Waals surface area contributed by atoms with Gasteiger partial charge < -0.3 is 5.11 Å². The highest BCUT2D eigenvalue weighted by atomic mass is 16.3. The van der Waals surface area contributed by atoms with Crippen LogP contribution >= 0.6 is 0 Å². The highest BCUT2D eigenvalue weighted by Crippen LogP contribution is 2.59. The van der Waals surface area contributed by atoms with Gasteiger partial charge in [0.1, 0.15) is 5.60 Å². The van der Waals surface area contributed by atoms with Crippen molar-refractivity contribution >= 4 is 0 Å². The summed E-state index contributed by atoms with van der Waals surface area (Å²) in [4.78, 5) is 0. The zero-order valence-corrected chi connectivity index (χ0v) is 11.8. The molecule has 2 saturated carbocycles. The Labute approximate surface area is 124 Å². The Hall–Kier alpha value is -2.28. The summed E-state index contributed by atoms with van der Waals surface area (Å²) in [6.07, 6.45) is 4.42. The van der Waals surface area contributed by atoms with Crippen LogP contribution in [0.15, 0.2) is 24.3 Å². The maximum Gasteiger partial charge on any atom is 0.147 e. The van der Waals surface area contributed by atoms with Gasteiger partial charge in [0.25, 0.3) is 0 Å². The molecule has 0 amide bonds. The molecule has 2 aliphatic carbocycles. The zero-order valence-electron chi connectivity index (χ0n) is 11.8. The number of hydrogen-bond donors (Lipinski definition) is 1. The van der Waals surface area contributed by atoms with Crippen LogP contribution in [0.3, 0.4) is 0 Å². The maximum atomic E-state index is 11.0. The van der Waals surface area contributed by atoms with Gasteiger partial charge in [-0.25, -0.2) is 0 Å². The average molecular weight is 276 g/mol. The van der Waals surface area contributed by atoms with Crippen LogP contribution in [0.2, 0.25) is 0 Å². The third-order valence-electron chi connectivity index (χ3n) is 4.78. The van der Waals surface area contributed by atoms with Crippen LogP contribution in [0.5, 0.6) is 0 Å². The largest absolute Gasteiger partial charge is 0.376 e. The summed E-state index contributed by atoms with van der Waals surface area (Å²) in [5.41, 5.74) is -0.628. The summed E-state index contributed by atoms with van der Waals surface area (Å²) in [5, 5.41) is 29.4. The van der Waals surface area contributed by atoms with Crippen molar-refractivity contribution in [2.75, 3.05) is 0 Å². The molecule has 3 rings (SSSR count). The Kier molecular flexibility index (Phi) is 3.21. The van der Waals surface area contributed by atoms with E-state index in [1.165, 1.54) is 0 Å². The first kappa shape index (κ1) is 13.7. The summed E-state index contributed by atoms with van der Waals surface area (Å²) >= 11 is 0. The fraction of sp³-hybridized carbons (Fsp3) is 0.444. The average Bonchev–Trinajstić information content (AvgIpc) is 3.25. The Morgan fingerprint density at radius 1 is 1.19 bits per heavy atom. The second-order valence-corrected chi connectivity index (χ2v) is 6.03. The second-order valence-electron chi connectivity index (χ2n) is 6.03. The summed E-state index contributed by atoms with van der Waals surface area (Å²) in [6, 6.07) is 11.4. The van der Waals surface area contributed by atoms with Gasteiger partial charge in [0.2, 0.25) is 0 Å². The van der Waals surface area contributed by atoms with Crippen LogP contribution in [-0.2, 0) is 0 Å². The van der Waals surface area contributed by atoms with Crippen molar-refractivity contribution in [1.82, 2.24) is 0 Å². The number of aliphatic hydroxyl groups is 1. The zero-order chi connectivity index (χ0) is 14.9. The van der Waals surface area contributed by atoms with Gasteiger partial charge in [-0.2, -0.15) is 10.5 Å². The van der Waals surface area contributed by atoms with E-state index < -0.39 is 11.0 Å². The first-order valence-electron chi connectivity index (χ1n) is 7.30. The summed E-state index contributed by atoms with van der Waals surface area (Å²) in [5.74, 6) is 6.08. The van der Waals surface area contributed by atoms with Crippen LogP contribution in [0.25, 0.3) is 0 Å². The van der Waals surface area contributed by atoms with E-state index in [1.807, 2.05) is 6.07 Å². The smallest absolute Gasteiger partial charge is 0.147 e. The fourth-order valence-electron chi connectivity index (χ4n) is 2.98. The van der Waals surface area contributed by atoms with E-state index in [-0.39, 0.29) is 5.92 Å². The van der Waals surface area contributed by atoms with Crippen molar-refractivity contribution in [2.24, 2.45) is 11.3 Å². The van der Waals surface area contributed by atoms with Crippen molar-refractivity contribution < 1.29 is 5.11 Å². The quantitative estimate of drug-likeness (QED) is 0.844. The number of hydrogen-bond acceptors (Lipinski definition) is 3. The van der Waals surface area contributed by atoms with Crippen molar-refractivity contribution in [3.05, 3.63) is 35.4 Å². The molecule has 21 heavy (non-hydrogen) atoms. The van der Waals surface area contributed by atoms with Crippen LogP contribution in [-0.4, -0.2) is 10.7 Å². The Bertz CT molecular complexity index is 705. The Balaban J connectivity index is 1.95. The Morgan fingerprint density at radius 2 is 1.90 bits per heavy atom. The third-order valence-corrected chi connectivity index (χ3v) is 4.78. The molecule has 0 heterocycles. The molecule has 0 radical (unpaired) electrons. The third kappa shape index (κ3) is 2.19. The molecule has 0 unspecified atom stereocenters. The van der Waals surface area contributed by atoms with Crippen LogP contribution < -0.4 is 0 Å². The molecular formula is C18H16N2O. The van der Waals surface area contributed by atoms with E-state index in [0.717, 1.165) is 32.1 Å². The molecule has 0 aliphatic heterocycles. The second kappa shape index (κ2) is 4.92. The van der Waals surface area contributed by atoms with Gasteiger partial charge in [0, 0.05) is 11.5 Å². The van der Waals surface area contributed by atoms with Crippen molar-refractivity contribution in [1.29, 1.82) is 10.5 Å². The SMILES string of the molecule is N#Cc1cccc(C#C[C@](O)(C2CCC2)C2(C#N)CC2)c1. The van der Waals surface area contributed by atoms with E-state index in [2.05, 4.69) is 24.0 Å². The molecule has 1 aromatic carbocycles. The monoisotopic (exact) mass is 276 g/mol. The van der Waals surface area contributed by atoms with Crippen molar-refractivity contribution in [3.8, 4) is 24.0 Å². The molecule has 0 aromatic heterocycles. The van der Waals surface area contributed by atoms with E-state index in [1.54, 1.807) is 18.2 Å². The molecule has 3 heteroatoms. The van der Waals surface area contributed by atoms with Crippen LogP contribution in [0, 0.1) is 45.8 Å². The molecule has 1 N–H and O–H groups in total. The molecule has 104 valence electrons. The molecule has 0 spiro atoms. The first-order chi connectivity index (χ1) is 10.1. The molecule has 1 atom stereocenters. The molecule has 0 bridgehead atoms. The minimum atomic E-state index is -1.21. The molecule has 3 nitrogen and oxygen atoms in total. The van der Waals surface area contributed by atoms with E-state index in [0.29, 0.717) is 11.1 Å². The summed E-state index contributed by atoms with van der Waals surface area (Å²) in [6.45, 7) is 0. The van der Waals surface area contributed by atoms with E-state index in [9.17, 15) is 10.4 Å². The molecule has 2 fully saturated rings. The standard InChI is InChI=1S/C18H16N2O/c19-12-15-4-1-3-14(11-15)7-8-18(21,16-5-2-6-16)17(13-20)9-10-17/h1,3-4,11,16,21H,2,5-6,9-10H2/t18-/m0/s1. The van der Waals surface area contributed by atoms with Gasteiger partial charge in [0.15, 0.2) is 0 Å². The van der Waals surface area contributed by atoms with E-state index in [4.69, 9.17) is 5.26 Å². The fourth-order valence-corrected chi connectivity index (χ4v) is 2.98. The van der Waals surface area contributed by atoms with Gasteiger partial charge in [-0.1, -0.05) is 24.3 Å². The maximum absolute atomic E-state index is 11.0. The molecule has 0 saturated heterocycles. The lowest BCUT2D eigenvalue weighted by Crippen LogP contribution is -2.48. The van der Waals surface area contributed by atoms with Gasteiger partial charge in [-0.05, 0) is 43.9 Å². The highest BCUT2D eigenvalue weighted by Gasteiger charge is 2.63. The summed E-state index contributed by atoms with van der Waals surface area (Å²) < 4.78 is 0. The lowest BCUT2D eigenvalue weighted by atomic mass is 9.66. The number of benzene rings is 1. The van der Waals surface area contributed by atoms with Gasteiger partial charge in [0.05, 0.1) is 23.1 Å². The number of nitrogens with zero attached hydrogens (tertiary/aromatic N) is 2. The van der Waals surface area contributed by atoms with Crippen LogP contribution in [0.4, 0.5) is 0 Å². The van der Waals surface area contributed by atoms with Crippen molar-refractivity contribution in [3.63, 3.8) is 0 Å². The highest BCUT2D eigenvalue weighted by molar-refractivity contribution is 5.44. The molecule has 2 aliphatic rings. The predicted octanol–water partition coefficient (Wildman–Crippen LogP) is 2.74. The first-order valence-corrected chi connectivity index (χ1v) is 7.30. The van der Waals surface area contributed by atoms with Gasteiger partial charge in [-0.15, -0.1) is 0 Å². The van der Waals surface area contributed by atoms with Crippen LogP contribution in [0.1, 0.15) is 43.2 Å². The minimum absolute atomic E-state index is 0.103. The molecular weight excluding hydrogens is 260 g/mol. The molecule has 1 aromatic rings. The van der Waals surface area contributed by atoms with Crippen molar-refractivity contribution in [2.45, 2.75) is 37.7 Å². The van der Waals surface area contributed by atoms with Gasteiger partial charge >= 0.3 is 0 Å². The lowest BCUT2D eigenvalue weighted by molar-refractivity contribution is -0.0404. The Morgan fingerprint density at radius 3 is 2.43 bits per heavy atom. The lowest BCUT2D eigenvalue weighted by Gasteiger charge is -2.41. The van der Waals surface area contributed by atoms with Gasteiger partial charge in [-0.3, -0.25) is 0 Å². The number of nitriles is 2. The van der Waals surface area contributed by atoms with E-state index >= 15 is 0 Å². The predicted molar refractivity (Wildman–Crippen MR) is 77.6 cm³/mol. The summed E-state index contributed by atoms with van der Waals surface area (Å²) in [7, 11) is 0. The topological polar surface area (TPSA) is 67.8 Å². The normalized spacial score (nSPS) is 21.7. The minimum Gasteiger partial charge on any atom is -0.376 e.